The van der Waals surface area contributed by atoms with Gasteiger partial charge in [0.2, 0.25) is 0 Å². The number of carbonyl (C=O) groups excluding carboxylic acids is 2. The molecule has 0 N–H and O–H groups in total. The predicted octanol–water partition coefficient (Wildman–Crippen LogP) is 4.38. The molecule has 0 unspecified atom stereocenters. The van der Waals surface area contributed by atoms with E-state index in [1.807, 2.05) is 56.3 Å². The second kappa shape index (κ2) is 7.43. The van der Waals surface area contributed by atoms with Gasteiger partial charge in [-0.25, -0.2) is 4.79 Å². The Morgan fingerprint density at radius 2 is 1.93 bits per heavy atom. The summed E-state index contributed by atoms with van der Waals surface area (Å²) in [7, 11) is 1.35. The summed E-state index contributed by atoms with van der Waals surface area (Å²) in [4.78, 5) is 24.1. The van der Waals surface area contributed by atoms with Crippen LogP contribution in [0.15, 0.2) is 58.7 Å². The highest BCUT2D eigenvalue weighted by molar-refractivity contribution is 5.88. The van der Waals surface area contributed by atoms with Gasteiger partial charge in [0.1, 0.15) is 12.4 Å². The van der Waals surface area contributed by atoms with Crippen LogP contribution in [0.4, 0.5) is 0 Å². The topological polar surface area (TPSA) is 65.7 Å². The third-order valence-corrected chi connectivity index (χ3v) is 5.19. The quantitative estimate of drug-likeness (QED) is 0.559. The molecule has 0 bridgehead atoms. The maximum Gasteiger partial charge on any atom is 0.333 e. The Kier molecular flexibility index (Phi) is 5.22. The molecule has 2 atom stereocenters. The highest BCUT2D eigenvalue weighted by atomic mass is 16.5. The number of hydrogen-bond donors (Lipinski definition) is 0. The largest absolute Gasteiger partial charge is 0.466 e. The molecule has 5 heteroatoms. The van der Waals surface area contributed by atoms with Crippen molar-refractivity contribution in [2.45, 2.75) is 27.4 Å². The van der Waals surface area contributed by atoms with Crippen molar-refractivity contribution in [2.75, 3.05) is 7.11 Å². The monoisotopic (exact) mass is 368 g/mol. The van der Waals surface area contributed by atoms with Gasteiger partial charge in [-0.05, 0) is 24.3 Å². The Labute approximate surface area is 159 Å². The van der Waals surface area contributed by atoms with E-state index in [9.17, 15) is 9.59 Å². The van der Waals surface area contributed by atoms with E-state index in [1.54, 1.807) is 13.2 Å². The van der Waals surface area contributed by atoms with Crippen molar-refractivity contribution in [3.05, 3.63) is 59.9 Å². The van der Waals surface area contributed by atoms with Crippen LogP contribution in [0, 0.1) is 17.3 Å². The maximum atomic E-state index is 12.5. The van der Waals surface area contributed by atoms with Crippen LogP contribution in [-0.4, -0.2) is 19.0 Å². The lowest BCUT2D eigenvalue weighted by molar-refractivity contribution is -0.147. The molecule has 1 aliphatic rings. The molecule has 142 valence electrons. The summed E-state index contributed by atoms with van der Waals surface area (Å²) in [5.74, 6) is -0.202. The fraction of sp³-hybridized carbons (Fsp3) is 0.364. The molecule has 1 aromatic carbocycles. The summed E-state index contributed by atoms with van der Waals surface area (Å²) >= 11 is 0. The first-order valence-corrected chi connectivity index (χ1v) is 8.90. The van der Waals surface area contributed by atoms with E-state index in [2.05, 4.69) is 0 Å². The number of allylic oxidation sites excluding steroid dienone is 1. The minimum absolute atomic E-state index is 0.0340. The van der Waals surface area contributed by atoms with E-state index in [0.717, 1.165) is 16.9 Å². The van der Waals surface area contributed by atoms with Crippen molar-refractivity contribution < 1.29 is 23.5 Å². The number of hydrogen-bond acceptors (Lipinski definition) is 5. The van der Waals surface area contributed by atoms with Crippen LogP contribution in [0.2, 0.25) is 0 Å². The molecule has 3 rings (SSSR count). The van der Waals surface area contributed by atoms with Gasteiger partial charge in [-0.1, -0.05) is 50.3 Å². The molecule has 0 saturated heterocycles. The van der Waals surface area contributed by atoms with E-state index in [1.165, 1.54) is 7.11 Å². The Hall–Kier alpha value is -2.82. The fourth-order valence-electron chi connectivity index (χ4n) is 3.39. The second-order valence-corrected chi connectivity index (χ2v) is 7.46. The third kappa shape index (κ3) is 3.97. The molecule has 0 aliphatic heterocycles. The van der Waals surface area contributed by atoms with Gasteiger partial charge in [0.05, 0.1) is 19.3 Å². The molecule has 1 aliphatic carbocycles. The van der Waals surface area contributed by atoms with E-state index in [0.29, 0.717) is 5.57 Å². The van der Waals surface area contributed by atoms with Crippen molar-refractivity contribution in [3.63, 3.8) is 0 Å². The van der Waals surface area contributed by atoms with E-state index in [-0.39, 0.29) is 35.8 Å². The average molecular weight is 368 g/mol. The summed E-state index contributed by atoms with van der Waals surface area (Å²) in [5.41, 5.74) is 2.05. The van der Waals surface area contributed by atoms with Gasteiger partial charge < -0.3 is 13.9 Å². The lowest BCUT2D eigenvalue weighted by Crippen LogP contribution is -2.10. The average Bonchev–Trinajstić information content (AvgIpc) is 3.00. The number of rotatable bonds is 6. The molecule has 1 fully saturated rings. The number of esters is 2. The first kappa shape index (κ1) is 19.0. The highest BCUT2D eigenvalue weighted by Gasteiger charge is 2.61. The van der Waals surface area contributed by atoms with Crippen molar-refractivity contribution in [3.8, 4) is 11.3 Å². The first-order chi connectivity index (χ1) is 12.8. The van der Waals surface area contributed by atoms with E-state index in [4.69, 9.17) is 13.9 Å². The minimum Gasteiger partial charge on any atom is -0.466 e. The predicted molar refractivity (Wildman–Crippen MR) is 100 cm³/mol. The van der Waals surface area contributed by atoms with Crippen molar-refractivity contribution >= 4 is 11.9 Å². The summed E-state index contributed by atoms with van der Waals surface area (Å²) in [6, 6.07) is 11.6. The highest BCUT2D eigenvalue weighted by Crippen LogP contribution is 2.59. The Morgan fingerprint density at radius 3 is 2.59 bits per heavy atom. The van der Waals surface area contributed by atoms with Gasteiger partial charge in [-0.3, -0.25) is 4.79 Å². The van der Waals surface area contributed by atoms with Crippen LogP contribution < -0.4 is 0 Å². The van der Waals surface area contributed by atoms with Gasteiger partial charge in [0.15, 0.2) is 0 Å². The molecule has 27 heavy (non-hydrogen) atoms. The summed E-state index contributed by atoms with van der Waals surface area (Å²) in [6.07, 6.45) is 3.41. The molecular weight excluding hydrogens is 344 g/mol. The third-order valence-electron chi connectivity index (χ3n) is 5.19. The van der Waals surface area contributed by atoms with E-state index >= 15 is 0 Å². The molecule has 0 radical (unpaired) electrons. The Morgan fingerprint density at radius 1 is 1.22 bits per heavy atom. The van der Waals surface area contributed by atoms with Crippen molar-refractivity contribution in [2.24, 2.45) is 17.3 Å². The zero-order valence-electron chi connectivity index (χ0n) is 16.0. The number of furan rings is 1. The SMILES string of the molecule is COC(=O)/C(C)=C/[C@@H]1[C@@H](C(=O)OCc2coc(-c3ccccc3)c2)C1(C)C. The van der Waals surface area contributed by atoms with Crippen molar-refractivity contribution in [1.82, 2.24) is 0 Å². The van der Waals surface area contributed by atoms with Gasteiger partial charge >= 0.3 is 11.9 Å². The van der Waals surface area contributed by atoms with Crippen molar-refractivity contribution in [1.29, 1.82) is 0 Å². The van der Waals surface area contributed by atoms with Crippen LogP contribution in [0.1, 0.15) is 26.3 Å². The molecule has 2 aromatic rings. The van der Waals surface area contributed by atoms with Crippen LogP contribution >= 0.6 is 0 Å². The van der Waals surface area contributed by atoms with Crippen LogP contribution in [-0.2, 0) is 25.7 Å². The first-order valence-electron chi connectivity index (χ1n) is 8.90. The van der Waals surface area contributed by atoms with Crippen LogP contribution in [0.5, 0.6) is 0 Å². The molecule has 0 spiro atoms. The minimum atomic E-state index is -0.378. The molecule has 1 heterocycles. The molecule has 5 nitrogen and oxygen atoms in total. The van der Waals surface area contributed by atoms with Gasteiger partial charge in [-0.15, -0.1) is 0 Å². The zero-order valence-corrected chi connectivity index (χ0v) is 16.0. The number of benzene rings is 1. The molecule has 0 amide bonds. The molecule has 1 aromatic heterocycles. The normalized spacial score (nSPS) is 20.8. The van der Waals surface area contributed by atoms with Crippen LogP contribution in [0.3, 0.4) is 0 Å². The number of methoxy groups -OCH3 is 1. The number of carbonyl (C=O) groups is 2. The van der Waals surface area contributed by atoms with Gasteiger partial charge in [-0.2, -0.15) is 0 Å². The Balaban J connectivity index is 1.60. The smallest absolute Gasteiger partial charge is 0.333 e. The number of ether oxygens (including phenoxy) is 2. The maximum absolute atomic E-state index is 12.5. The summed E-state index contributed by atoms with van der Waals surface area (Å²) in [5, 5.41) is 0. The second-order valence-electron chi connectivity index (χ2n) is 7.46. The van der Waals surface area contributed by atoms with E-state index < -0.39 is 0 Å². The zero-order chi connectivity index (χ0) is 19.6. The van der Waals surface area contributed by atoms with Gasteiger partial charge in [0, 0.05) is 16.7 Å². The summed E-state index contributed by atoms with van der Waals surface area (Å²) < 4.78 is 15.8. The fourth-order valence-corrected chi connectivity index (χ4v) is 3.39. The van der Waals surface area contributed by atoms with Crippen LogP contribution in [0.25, 0.3) is 11.3 Å². The summed E-state index contributed by atoms with van der Waals surface area (Å²) in [6.45, 7) is 5.85. The van der Waals surface area contributed by atoms with Gasteiger partial charge in [0.25, 0.3) is 0 Å². The Bertz CT molecular complexity index is 860. The lowest BCUT2D eigenvalue weighted by Gasteiger charge is -2.03. The standard InChI is InChI=1S/C22H24O5/c1-14(20(23)25-4)10-17-19(22(17,2)3)21(24)27-13-15-11-18(26-12-15)16-8-6-5-7-9-16/h5-12,17,19H,13H2,1-4H3/b14-10+/t17-,19+/m1/s1. The lowest BCUT2D eigenvalue weighted by atomic mass is 10.1. The molecule has 1 saturated carbocycles. The molecular formula is C22H24O5.